The van der Waals surface area contributed by atoms with E-state index in [-0.39, 0.29) is 48.2 Å². The molecule has 0 N–H and O–H groups in total. The second kappa shape index (κ2) is 8.04. The number of fused-ring (bicyclic) bond motifs is 4. The smallest absolute Gasteiger partial charge is 0.377 e. The molecule has 0 radical (unpaired) electrons. The van der Waals surface area contributed by atoms with E-state index in [9.17, 15) is 31.1 Å². The Labute approximate surface area is 194 Å². The zero-order valence-electron chi connectivity index (χ0n) is 18.1. The maximum Gasteiger partial charge on any atom is 0.416 e. The van der Waals surface area contributed by atoms with E-state index in [4.69, 9.17) is 4.74 Å². The number of carbonyl (C=O) groups is 1. The van der Waals surface area contributed by atoms with Crippen molar-refractivity contribution >= 4 is 5.91 Å². The molecule has 184 valence electrons. The van der Waals surface area contributed by atoms with Gasteiger partial charge in [0, 0.05) is 18.3 Å². The number of halogens is 6. The normalized spacial score (nSPS) is 20.0. The monoisotopic (exact) mass is 497 g/mol. The summed E-state index contributed by atoms with van der Waals surface area (Å²) in [5.74, 6) is -0.251. The van der Waals surface area contributed by atoms with Gasteiger partial charge in [0.25, 0.3) is 5.91 Å². The molecule has 13 heteroatoms. The van der Waals surface area contributed by atoms with E-state index in [1.807, 2.05) is 0 Å². The van der Waals surface area contributed by atoms with Gasteiger partial charge in [-0.15, -0.1) is 10.2 Å². The number of hydrogen-bond donors (Lipinski definition) is 0. The molecule has 2 aliphatic heterocycles. The molecular formula is C22H17F6N5O2. The van der Waals surface area contributed by atoms with Gasteiger partial charge in [-0.1, -0.05) is 6.07 Å². The topological polar surface area (TPSA) is 73.1 Å². The number of hydrogen-bond acceptors (Lipinski definition) is 5. The van der Waals surface area contributed by atoms with Gasteiger partial charge >= 0.3 is 12.4 Å². The number of pyridine rings is 1. The number of alkyl halides is 6. The number of rotatable bonds is 2. The standard InChI is InChI=1S/C22H17F6N5O2/c1-11-14(3-2-4-15(11)22(26,27)28)20(34)33-13-8-32-18(30-31-19(32)17(33)10-35-9-13)16-7-12(5-6-29-16)21(23,24)25/h2-7,13,17H,8-10H2,1H3. The van der Waals surface area contributed by atoms with Crippen molar-refractivity contribution in [3.63, 3.8) is 0 Å². The van der Waals surface area contributed by atoms with E-state index in [1.54, 1.807) is 4.57 Å². The maximum atomic E-state index is 13.5. The summed E-state index contributed by atoms with van der Waals surface area (Å²) in [4.78, 5) is 18.9. The van der Waals surface area contributed by atoms with Crippen molar-refractivity contribution in [3.05, 3.63) is 64.6 Å². The lowest BCUT2D eigenvalue weighted by Gasteiger charge is -2.45. The molecule has 7 nitrogen and oxygen atoms in total. The number of carbonyl (C=O) groups excluding carboxylic acids is 1. The first-order valence-corrected chi connectivity index (χ1v) is 10.5. The summed E-state index contributed by atoms with van der Waals surface area (Å²) in [5, 5.41) is 8.11. The Morgan fingerprint density at radius 1 is 1.06 bits per heavy atom. The van der Waals surface area contributed by atoms with Crippen molar-refractivity contribution in [2.24, 2.45) is 0 Å². The molecular weight excluding hydrogens is 480 g/mol. The van der Waals surface area contributed by atoms with Crippen LogP contribution in [0.1, 0.15) is 38.9 Å². The van der Waals surface area contributed by atoms with Crippen LogP contribution in [0.25, 0.3) is 11.5 Å². The Bertz CT molecular complexity index is 1300. The Hall–Kier alpha value is -3.48. The Kier molecular flexibility index (Phi) is 5.34. The molecule has 2 atom stereocenters. The molecule has 3 aromatic rings. The van der Waals surface area contributed by atoms with Gasteiger partial charge in [-0.3, -0.25) is 9.78 Å². The van der Waals surface area contributed by atoms with E-state index >= 15 is 0 Å². The van der Waals surface area contributed by atoms with Gasteiger partial charge in [0.1, 0.15) is 11.7 Å². The molecule has 0 saturated carbocycles. The molecule has 2 bridgehead atoms. The highest BCUT2D eigenvalue weighted by Crippen LogP contribution is 2.38. The number of nitrogens with zero attached hydrogens (tertiary/aromatic N) is 5. The largest absolute Gasteiger partial charge is 0.416 e. The third-order valence-electron chi connectivity index (χ3n) is 6.21. The first kappa shape index (κ1) is 23.3. The van der Waals surface area contributed by atoms with Crippen molar-refractivity contribution in [2.45, 2.75) is 37.9 Å². The van der Waals surface area contributed by atoms with Crippen LogP contribution < -0.4 is 0 Å². The molecule has 0 aliphatic carbocycles. The van der Waals surface area contributed by atoms with Crippen LogP contribution in [0.15, 0.2) is 36.5 Å². The third kappa shape index (κ3) is 3.93. The average Bonchev–Trinajstić information content (AvgIpc) is 3.20. The van der Waals surface area contributed by atoms with Gasteiger partial charge in [-0.2, -0.15) is 26.3 Å². The van der Waals surface area contributed by atoms with Gasteiger partial charge in [-0.05, 0) is 36.8 Å². The summed E-state index contributed by atoms with van der Waals surface area (Å²) in [6.07, 6.45) is -8.16. The summed E-state index contributed by atoms with van der Waals surface area (Å²) < 4.78 is 86.8. The van der Waals surface area contributed by atoms with Crippen LogP contribution in [0.5, 0.6) is 0 Å². The van der Waals surface area contributed by atoms with Crippen molar-refractivity contribution in [1.82, 2.24) is 24.6 Å². The summed E-state index contributed by atoms with van der Waals surface area (Å²) in [6, 6.07) is 3.76. The van der Waals surface area contributed by atoms with Crippen LogP contribution in [0.3, 0.4) is 0 Å². The molecule has 0 spiro atoms. The minimum Gasteiger partial charge on any atom is -0.377 e. The number of ether oxygens (including phenoxy) is 1. The zero-order valence-corrected chi connectivity index (χ0v) is 18.1. The van der Waals surface area contributed by atoms with Crippen molar-refractivity contribution in [2.75, 3.05) is 13.2 Å². The lowest BCUT2D eigenvalue weighted by molar-refractivity contribution is -0.138. The first-order chi connectivity index (χ1) is 16.5. The van der Waals surface area contributed by atoms with Gasteiger partial charge in [0.05, 0.1) is 30.4 Å². The van der Waals surface area contributed by atoms with Crippen LogP contribution in [-0.2, 0) is 23.6 Å². The predicted octanol–water partition coefficient (Wildman–Crippen LogP) is 4.28. The Morgan fingerprint density at radius 3 is 2.54 bits per heavy atom. The highest BCUT2D eigenvalue weighted by Gasteiger charge is 2.45. The average molecular weight is 497 g/mol. The lowest BCUT2D eigenvalue weighted by atomic mass is 9.97. The van der Waals surface area contributed by atoms with E-state index in [2.05, 4.69) is 15.2 Å². The van der Waals surface area contributed by atoms with E-state index in [0.29, 0.717) is 0 Å². The first-order valence-electron chi connectivity index (χ1n) is 10.5. The fourth-order valence-electron chi connectivity index (χ4n) is 4.56. The number of morpholine rings is 1. The van der Waals surface area contributed by atoms with Gasteiger partial charge in [-0.25, -0.2) is 0 Å². The van der Waals surface area contributed by atoms with Crippen LogP contribution in [0.2, 0.25) is 0 Å². The second-order valence-electron chi connectivity index (χ2n) is 8.32. The molecule has 2 aromatic heterocycles. The molecule has 1 aromatic carbocycles. The molecule has 5 rings (SSSR count). The molecule has 1 fully saturated rings. The minimum absolute atomic E-state index is 0.00834. The molecule has 4 heterocycles. The molecule has 35 heavy (non-hydrogen) atoms. The van der Waals surface area contributed by atoms with E-state index < -0.39 is 41.5 Å². The SMILES string of the molecule is Cc1c(C(=O)N2C3COCC2c2nnc(-c4cc(C(F)(F)F)ccn4)n2C3)cccc1C(F)(F)F. The summed E-state index contributed by atoms with van der Waals surface area (Å²) in [7, 11) is 0. The van der Waals surface area contributed by atoms with Crippen molar-refractivity contribution in [1.29, 1.82) is 0 Å². The van der Waals surface area contributed by atoms with Crippen molar-refractivity contribution in [3.8, 4) is 11.5 Å². The predicted molar refractivity (Wildman–Crippen MR) is 108 cm³/mol. The number of benzene rings is 1. The van der Waals surface area contributed by atoms with Crippen LogP contribution >= 0.6 is 0 Å². The van der Waals surface area contributed by atoms with Gasteiger partial charge < -0.3 is 14.2 Å². The third-order valence-corrected chi connectivity index (χ3v) is 6.21. The number of aromatic nitrogens is 4. The second-order valence-corrected chi connectivity index (χ2v) is 8.32. The van der Waals surface area contributed by atoms with Gasteiger partial charge in [0.15, 0.2) is 11.6 Å². The summed E-state index contributed by atoms with van der Waals surface area (Å²) in [5.41, 5.74) is -2.11. The quantitative estimate of drug-likeness (QED) is 0.495. The summed E-state index contributed by atoms with van der Waals surface area (Å²) in [6.45, 7) is 1.42. The molecule has 1 amide bonds. The zero-order chi connectivity index (χ0) is 25.1. The van der Waals surface area contributed by atoms with Crippen LogP contribution in [0, 0.1) is 6.92 Å². The lowest BCUT2D eigenvalue weighted by Crippen LogP contribution is -2.56. The van der Waals surface area contributed by atoms with Crippen molar-refractivity contribution < 1.29 is 35.9 Å². The molecule has 2 aliphatic rings. The maximum absolute atomic E-state index is 13.5. The fourth-order valence-corrected chi connectivity index (χ4v) is 4.56. The molecule has 2 unspecified atom stereocenters. The van der Waals surface area contributed by atoms with Crippen LogP contribution in [0.4, 0.5) is 26.3 Å². The van der Waals surface area contributed by atoms with E-state index in [0.717, 1.165) is 24.4 Å². The van der Waals surface area contributed by atoms with E-state index in [1.165, 1.54) is 24.0 Å². The highest BCUT2D eigenvalue weighted by atomic mass is 19.4. The van der Waals surface area contributed by atoms with Gasteiger partial charge in [0.2, 0.25) is 0 Å². The Balaban J connectivity index is 1.53. The fraction of sp³-hybridized carbons (Fsp3) is 0.364. The Morgan fingerprint density at radius 2 is 1.83 bits per heavy atom. The highest BCUT2D eigenvalue weighted by molar-refractivity contribution is 5.96. The summed E-state index contributed by atoms with van der Waals surface area (Å²) >= 11 is 0. The molecule has 1 saturated heterocycles. The minimum atomic E-state index is -4.62. The van der Waals surface area contributed by atoms with Crippen LogP contribution in [-0.4, -0.2) is 49.8 Å². The number of amides is 1.